The number of nitrogens with one attached hydrogen (secondary N) is 2. The van der Waals surface area contributed by atoms with E-state index in [0.717, 1.165) is 19.3 Å². The van der Waals surface area contributed by atoms with Gasteiger partial charge in [-0.1, -0.05) is 13.3 Å². The average molecular weight is 362 g/mol. The summed E-state index contributed by atoms with van der Waals surface area (Å²) < 4.78 is 5.50. The van der Waals surface area contributed by atoms with Gasteiger partial charge in [0, 0.05) is 18.8 Å². The van der Waals surface area contributed by atoms with Crippen molar-refractivity contribution in [2.45, 2.75) is 65.0 Å². The van der Waals surface area contributed by atoms with E-state index in [1.165, 1.54) is 6.33 Å². The summed E-state index contributed by atoms with van der Waals surface area (Å²) in [7, 11) is 0. The highest BCUT2D eigenvalue weighted by atomic mass is 16.6. The number of amides is 1. The lowest BCUT2D eigenvalue weighted by molar-refractivity contribution is 0.0235. The quantitative estimate of drug-likeness (QED) is 0.670. The van der Waals surface area contributed by atoms with Gasteiger partial charge in [0.2, 0.25) is 0 Å². The maximum Gasteiger partial charge on any atom is 0.410 e. The Kier molecular flexibility index (Phi) is 6.39. The van der Waals surface area contributed by atoms with Crippen LogP contribution < -0.4 is 11.1 Å². The van der Waals surface area contributed by atoms with Gasteiger partial charge in [-0.2, -0.15) is 0 Å². The molecule has 0 aromatic carbocycles. The number of nitrogens with zero attached hydrogens (tertiary/aromatic N) is 3. The van der Waals surface area contributed by atoms with Crippen LogP contribution in [-0.2, 0) is 4.74 Å². The maximum absolute atomic E-state index is 12.4. The van der Waals surface area contributed by atoms with Crippen LogP contribution in [0.25, 0.3) is 0 Å². The molecule has 144 valence electrons. The molecule has 1 saturated heterocycles. The maximum atomic E-state index is 12.4. The summed E-state index contributed by atoms with van der Waals surface area (Å²) in [5.74, 6) is 0.850. The lowest BCUT2D eigenvalue weighted by Crippen LogP contribution is -2.42. The molecule has 1 aromatic heterocycles. The predicted octanol–water partition coefficient (Wildman–Crippen LogP) is 3.04. The lowest BCUT2D eigenvalue weighted by Gasteiger charge is -2.29. The van der Waals surface area contributed by atoms with Gasteiger partial charge in [0.15, 0.2) is 0 Å². The highest BCUT2D eigenvalue weighted by Gasteiger charge is 2.32. The number of rotatable bonds is 6. The standard InChI is InChI=1S/C18H30N6O2/c1-5-7-13(19)14-15(20)22-11-23-16(14)21-10-12-8-6-9-24(12)17(25)26-18(2,3)4/h11-12,19H,5-10H2,1-4H3,(H3,20,21,22,23). The molecule has 0 aliphatic carbocycles. The number of nitrogen functional groups attached to an aromatic ring is 1. The highest BCUT2D eigenvalue weighted by Crippen LogP contribution is 2.23. The van der Waals surface area contributed by atoms with Gasteiger partial charge >= 0.3 is 6.09 Å². The van der Waals surface area contributed by atoms with Crippen molar-refractivity contribution in [1.82, 2.24) is 14.9 Å². The monoisotopic (exact) mass is 362 g/mol. The minimum atomic E-state index is -0.513. The van der Waals surface area contributed by atoms with E-state index in [1.54, 1.807) is 4.90 Å². The minimum absolute atomic E-state index is 0.0225. The molecule has 1 aromatic rings. The van der Waals surface area contributed by atoms with Crippen molar-refractivity contribution in [2.75, 3.05) is 24.1 Å². The average Bonchev–Trinajstić information content (AvgIpc) is 3.00. The van der Waals surface area contributed by atoms with Gasteiger partial charge in [0.05, 0.1) is 11.6 Å². The Hall–Kier alpha value is -2.38. The highest BCUT2D eigenvalue weighted by molar-refractivity contribution is 6.05. The zero-order valence-electron chi connectivity index (χ0n) is 16.1. The second-order valence-corrected chi connectivity index (χ2v) is 7.56. The fourth-order valence-corrected chi connectivity index (χ4v) is 3.03. The molecule has 2 rings (SSSR count). The number of ether oxygens (including phenoxy) is 1. The second-order valence-electron chi connectivity index (χ2n) is 7.56. The Balaban J connectivity index is 2.07. The minimum Gasteiger partial charge on any atom is -0.444 e. The lowest BCUT2D eigenvalue weighted by atomic mass is 10.1. The third-order valence-electron chi connectivity index (χ3n) is 4.19. The summed E-state index contributed by atoms with van der Waals surface area (Å²) in [5.41, 5.74) is 6.42. The Labute approximate surface area is 155 Å². The van der Waals surface area contributed by atoms with Gasteiger partial charge in [-0.25, -0.2) is 14.8 Å². The molecule has 1 aliphatic heterocycles. The summed E-state index contributed by atoms with van der Waals surface area (Å²) in [5, 5.41) is 11.5. The molecule has 0 saturated carbocycles. The normalized spacial score (nSPS) is 17.2. The van der Waals surface area contributed by atoms with Crippen molar-refractivity contribution in [2.24, 2.45) is 0 Å². The topological polar surface area (TPSA) is 117 Å². The Bertz CT molecular complexity index is 656. The molecule has 4 N–H and O–H groups in total. The molecule has 1 amide bonds. The van der Waals surface area contributed by atoms with Gasteiger partial charge in [-0.3, -0.25) is 0 Å². The largest absolute Gasteiger partial charge is 0.444 e. The van der Waals surface area contributed by atoms with Crippen LogP contribution in [0, 0.1) is 5.41 Å². The summed E-state index contributed by atoms with van der Waals surface area (Å²) in [6.45, 7) is 8.82. The van der Waals surface area contributed by atoms with E-state index in [-0.39, 0.29) is 12.1 Å². The predicted molar refractivity (Wildman–Crippen MR) is 103 cm³/mol. The first-order chi connectivity index (χ1) is 12.2. The molecular weight excluding hydrogens is 332 g/mol. The molecule has 1 unspecified atom stereocenters. The van der Waals surface area contributed by atoms with E-state index in [1.807, 2.05) is 27.7 Å². The first kappa shape index (κ1) is 19.9. The van der Waals surface area contributed by atoms with E-state index >= 15 is 0 Å². The zero-order valence-corrected chi connectivity index (χ0v) is 16.1. The van der Waals surface area contributed by atoms with Crippen molar-refractivity contribution in [3.05, 3.63) is 11.9 Å². The molecule has 0 bridgehead atoms. The number of aromatic nitrogens is 2. The molecule has 26 heavy (non-hydrogen) atoms. The number of hydrogen-bond donors (Lipinski definition) is 3. The molecule has 2 heterocycles. The third kappa shape index (κ3) is 5.06. The van der Waals surface area contributed by atoms with Crippen molar-refractivity contribution >= 4 is 23.4 Å². The zero-order chi connectivity index (χ0) is 19.3. The van der Waals surface area contributed by atoms with Gasteiger partial charge in [-0.15, -0.1) is 0 Å². The van der Waals surface area contributed by atoms with Gasteiger partial charge < -0.3 is 26.1 Å². The van der Waals surface area contributed by atoms with E-state index in [4.69, 9.17) is 15.9 Å². The van der Waals surface area contributed by atoms with Gasteiger partial charge in [0.25, 0.3) is 0 Å². The van der Waals surface area contributed by atoms with Crippen molar-refractivity contribution in [1.29, 1.82) is 5.41 Å². The summed E-state index contributed by atoms with van der Waals surface area (Å²) >= 11 is 0. The molecular formula is C18H30N6O2. The molecule has 1 fully saturated rings. The Morgan fingerprint density at radius 2 is 2.19 bits per heavy atom. The first-order valence-corrected chi connectivity index (χ1v) is 9.14. The van der Waals surface area contributed by atoms with Gasteiger partial charge in [-0.05, 0) is 40.0 Å². The number of hydrogen-bond acceptors (Lipinski definition) is 7. The molecule has 1 atom stereocenters. The second kappa shape index (κ2) is 8.33. The van der Waals surface area contributed by atoms with Crippen LogP contribution >= 0.6 is 0 Å². The van der Waals surface area contributed by atoms with E-state index in [2.05, 4.69) is 15.3 Å². The first-order valence-electron chi connectivity index (χ1n) is 9.14. The van der Waals surface area contributed by atoms with Gasteiger partial charge in [0.1, 0.15) is 23.6 Å². The van der Waals surface area contributed by atoms with Crippen LogP contribution in [0.2, 0.25) is 0 Å². The van der Waals surface area contributed by atoms with E-state index < -0.39 is 5.60 Å². The van der Waals surface area contributed by atoms with E-state index in [0.29, 0.717) is 42.4 Å². The molecule has 0 radical (unpaired) electrons. The Morgan fingerprint density at radius 3 is 2.85 bits per heavy atom. The SMILES string of the molecule is CCCC(=N)c1c(N)ncnc1NCC1CCCN1C(=O)OC(C)(C)C. The molecule has 8 heteroatoms. The van der Waals surface area contributed by atoms with Crippen LogP contribution in [0.3, 0.4) is 0 Å². The third-order valence-corrected chi connectivity index (χ3v) is 4.19. The van der Waals surface area contributed by atoms with E-state index in [9.17, 15) is 4.79 Å². The van der Waals surface area contributed by atoms with Crippen molar-refractivity contribution < 1.29 is 9.53 Å². The molecule has 0 spiro atoms. The molecule has 1 aliphatic rings. The number of anilines is 2. The number of carbonyl (C=O) groups is 1. The van der Waals surface area contributed by atoms with Crippen LogP contribution in [0.1, 0.15) is 58.9 Å². The van der Waals surface area contributed by atoms with Crippen molar-refractivity contribution in [3.63, 3.8) is 0 Å². The van der Waals surface area contributed by atoms with Crippen molar-refractivity contribution in [3.8, 4) is 0 Å². The number of nitrogens with two attached hydrogens (primary N) is 1. The fraction of sp³-hybridized carbons (Fsp3) is 0.667. The molecule has 8 nitrogen and oxygen atoms in total. The van der Waals surface area contributed by atoms with Crippen LogP contribution in [0.4, 0.5) is 16.4 Å². The summed E-state index contributed by atoms with van der Waals surface area (Å²) in [6, 6.07) is 0.0225. The summed E-state index contributed by atoms with van der Waals surface area (Å²) in [6.07, 6.45) is 4.40. The van der Waals surface area contributed by atoms with Crippen LogP contribution in [-0.4, -0.2) is 51.4 Å². The smallest absolute Gasteiger partial charge is 0.410 e. The summed E-state index contributed by atoms with van der Waals surface area (Å²) in [4.78, 5) is 22.4. The number of carbonyl (C=O) groups excluding carboxylic acids is 1. The van der Waals surface area contributed by atoms with Crippen LogP contribution in [0.5, 0.6) is 0 Å². The number of likely N-dealkylation sites (tertiary alicyclic amines) is 1. The Morgan fingerprint density at radius 1 is 1.46 bits per heavy atom. The fourth-order valence-electron chi connectivity index (χ4n) is 3.03. The van der Waals surface area contributed by atoms with Crippen LogP contribution in [0.15, 0.2) is 6.33 Å².